The summed E-state index contributed by atoms with van der Waals surface area (Å²) in [6, 6.07) is 4.03. The summed E-state index contributed by atoms with van der Waals surface area (Å²) in [5.74, 6) is 0.363. The number of rotatable bonds is 3. The van der Waals surface area contributed by atoms with E-state index in [1.54, 1.807) is 11.3 Å². The lowest BCUT2D eigenvalue weighted by atomic mass is 9.83. The number of carbonyl (C=O) groups excluding carboxylic acids is 1. The lowest BCUT2D eigenvalue weighted by Gasteiger charge is -2.20. The van der Waals surface area contributed by atoms with Gasteiger partial charge in [-0.2, -0.15) is 0 Å². The minimum atomic E-state index is -0.142. The second-order valence-corrected chi connectivity index (χ2v) is 6.84. The average Bonchev–Trinajstić information content (AvgIpc) is 2.76. The minimum absolute atomic E-state index is 0.142. The number of thiophene rings is 1. The molecular weight excluding hydrogens is 274 g/mol. The molecule has 1 aromatic heterocycles. The first kappa shape index (κ1) is 11.3. The lowest BCUT2D eigenvalue weighted by Crippen LogP contribution is -2.31. The molecule has 1 aromatic rings. The molecule has 0 spiro atoms. The Hall–Kier alpha value is -0.190. The molecule has 2 heterocycles. The zero-order chi connectivity index (χ0) is 10.9. The van der Waals surface area contributed by atoms with Crippen molar-refractivity contribution in [2.75, 3.05) is 13.1 Å². The van der Waals surface area contributed by atoms with E-state index in [0.717, 1.165) is 28.2 Å². The molecule has 1 N–H and O–H groups in total. The molecule has 82 valence electrons. The molecule has 0 aliphatic carbocycles. The van der Waals surface area contributed by atoms with Crippen LogP contribution in [0.5, 0.6) is 0 Å². The predicted molar refractivity (Wildman–Crippen MR) is 66.3 cm³/mol. The van der Waals surface area contributed by atoms with Crippen LogP contribution in [0.1, 0.15) is 18.2 Å². The summed E-state index contributed by atoms with van der Waals surface area (Å²) in [4.78, 5) is 13.2. The van der Waals surface area contributed by atoms with Crippen molar-refractivity contribution in [1.82, 2.24) is 5.32 Å². The van der Waals surface area contributed by atoms with Crippen molar-refractivity contribution in [1.29, 1.82) is 0 Å². The maximum Gasteiger partial charge on any atom is 0.145 e. The number of Topliss-reactive ketones (excluding diaryl/α,β-unsaturated/α-hetero) is 1. The Labute approximate surface area is 102 Å². The number of nitrogens with one attached hydrogen (secondary N) is 1. The van der Waals surface area contributed by atoms with Crippen LogP contribution >= 0.6 is 27.3 Å². The molecule has 1 saturated heterocycles. The van der Waals surface area contributed by atoms with Crippen molar-refractivity contribution in [2.24, 2.45) is 5.41 Å². The van der Waals surface area contributed by atoms with Gasteiger partial charge in [-0.1, -0.05) is 6.92 Å². The van der Waals surface area contributed by atoms with Crippen LogP contribution in [-0.2, 0) is 11.2 Å². The van der Waals surface area contributed by atoms with Crippen LogP contribution in [0.25, 0.3) is 0 Å². The van der Waals surface area contributed by atoms with E-state index in [2.05, 4.69) is 28.2 Å². The second-order valence-electron chi connectivity index (χ2n) is 4.29. The number of halogens is 1. The second kappa shape index (κ2) is 4.36. The van der Waals surface area contributed by atoms with Gasteiger partial charge in [-0.15, -0.1) is 11.3 Å². The highest BCUT2D eigenvalue weighted by atomic mass is 79.9. The Morgan fingerprint density at radius 1 is 1.67 bits per heavy atom. The van der Waals surface area contributed by atoms with E-state index < -0.39 is 0 Å². The van der Waals surface area contributed by atoms with Gasteiger partial charge in [-0.05, 0) is 41.0 Å². The van der Waals surface area contributed by atoms with Gasteiger partial charge in [0.2, 0.25) is 0 Å². The molecule has 1 fully saturated rings. The highest BCUT2D eigenvalue weighted by molar-refractivity contribution is 9.11. The summed E-state index contributed by atoms with van der Waals surface area (Å²) < 4.78 is 1.10. The first-order valence-corrected chi connectivity index (χ1v) is 6.69. The van der Waals surface area contributed by atoms with E-state index in [0.29, 0.717) is 12.2 Å². The summed E-state index contributed by atoms with van der Waals surface area (Å²) in [6.45, 7) is 3.87. The van der Waals surface area contributed by atoms with Gasteiger partial charge >= 0.3 is 0 Å². The van der Waals surface area contributed by atoms with Crippen molar-refractivity contribution in [3.8, 4) is 0 Å². The van der Waals surface area contributed by atoms with Crippen molar-refractivity contribution in [3.05, 3.63) is 20.8 Å². The van der Waals surface area contributed by atoms with Gasteiger partial charge in [0.05, 0.1) is 3.79 Å². The molecule has 0 aromatic carbocycles. The lowest BCUT2D eigenvalue weighted by molar-refractivity contribution is -0.126. The molecule has 1 atom stereocenters. The summed E-state index contributed by atoms with van der Waals surface area (Å²) in [5.41, 5.74) is -0.142. The molecule has 1 unspecified atom stereocenters. The van der Waals surface area contributed by atoms with Gasteiger partial charge in [0.1, 0.15) is 5.78 Å². The largest absolute Gasteiger partial charge is 0.316 e. The SMILES string of the molecule is CC1(C(=O)Cc2ccc(Br)s2)CCNC1. The molecule has 2 nitrogen and oxygen atoms in total. The molecule has 0 bridgehead atoms. The first-order valence-electron chi connectivity index (χ1n) is 5.08. The zero-order valence-electron chi connectivity index (χ0n) is 8.68. The maximum atomic E-state index is 12.1. The zero-order valence-corrected chi connectivity index (χ0v) is 11.1. The van der Waals surface area contributed by atoms with Crippen molar-refractivity contribution >= 4 is 33.0 Å². The van der Waals surface area contributed by atoms with Gasteiger partial charge in [0, 0.05) is 23.3 Å². The van der Waals surface area contributed by atoms with Gasteiger partial charge in [0.25, 0.3) is 0 Å². The van der Waals surface area contributed by atoms with Gasteiger partial charge in [-0.25, -0.2) is 0 Å². The number of hydrogen-bond acceptors (Lipinski definition) is 3. The topological polar surface area (TPSA) is 29.1 Å². The fraction of sp³-hybridized carbons (Fsp3) is 0.545. The third-order valence-corrected chi connectivity index (χ3v) is 4.63. The molecule has 4 heteroatoms. The molecule has 2 rings (SSSR count). The fourth-order valence-electron chi connectivity index (χ4n) is 1.87. The van der Waals surface area contributed by atoms with E-state index >= 15 is 0 Å². The van der Waals surface area contributed by atoms with Crippen LogP contribution < -0.4 is 5.32 Å². The van der Waals surface area contributed by atoms with Crippen LogP contribution in [0.4, 0.5) is 0 Å². The van der Waals surface area contributed by atoms with Crippen LogP contribution in [-0.4, -0.2) is 18.9 Å². The molecule has 1 aliphatic rings. The summed E-state index contributed by atoms with van der Waals surface area (Å²) in [6.07, 6.45) is 1.55. The van der Waals surface area contributed by atoms with Gasteiger partial charge in [-0.3, -0.25) is 4.79 Å². The summed E-state index contributed by atoms with van der Waals surface area (Å²) in [7, 11) is 0. The third-order valence-electron chi connectivity index (χ3n) is 3.01. The normalized spacial score (nSPS) is 25.7. The van der Waals surface area contributed by atoms with Crippen molar-refractivity contribution in [3.63, 3.8) is 0 Å². The maximum absolute atomic E-state index is 12.1. The number of carbonyl (C=O) groups is 1. The van der Waals surface area contributed by atoms with E-state index in [1.165, 1.54) is 0 Å². The number of hydrogen-bond donors (Lipinski definition) is 1. The third kappa shape index (κ3) is 2.49. The highest BCUT2D eigenvalue weighted by Gasteiger charge is 2.35. The monoisotopic (exact) mass is 287 g/mol. The Balaban J connectivity index is 2.03. The smallest absolute Gasteiger partial charge is 0.145 e. The molecule has 0 radical (unpaired) electrons. The van der Waals surface area contributed by atoms with Gasteiger partial charge < -0.3 is 5.32 Å². The standard InChI is InChI=1S/C11H14BrNOS/c1-11(4-5-13-7-11)9(14)6-8-2-3-10(12)15-8/h2-3,13H,4-7H2,1H3. The van der Waals surface area contributed by atoms with Crippen LogP contribution in [0.3, 0.4) is 0 Å². The number of ketones is 1. The Kier molecular flexibility index (Phi) is 3.28. The average molecular weight is 288 g/mol. The van der Waals surface area contributed by atoms with E-state index in [-0.39, 0.29) is 5.41 Å². The molecule has 1 aliphatic heterocycles. The van der Waals surface area contributed by atoms with Crippen LogP contribution in [0, 0.1) is 5.41 Å². The quantitative estimate of drug-likeness (QED) is 0.926. The fourth-order valence-corrected chi connectivity index (χ4v) is 3.36. The molecule has 0 saturated carbocycles. The molecule has 15 heavy (non-hydrogen) atoms. The Morgan fingerprint density at radius 3 is 3.00 bits per heavy atom. The molecule has 0 amide bonds. The predicted octanol–water partition coefficient (Wildman–Crippen LogP) is 2.62. The highest BCUT2D eigenvalue weighted by Crippen LogP contribution is 2.29. The van der Waals surface area contributed by atoms with Crippen molar-refractivity contribution in [2.45, 2.75) is 19.8 Å². The minimum Gasteiger partial charge on any atom is -0.316 e. The van der Waals surface area contributed by atoms with E-state index in [4.69, 9.17) is 0 Å². The van der Waals surface area contributed by atoms with Gasteiger partial charge in [0.15, 0.2) is 0 Å². The first-order chi connectivity index (χ1) is 7.10. The van der Waals surface area contributed by atoms with Crippen LogP contribution in [0.2, 0.25) is 0 Å². The van der Waals surface area contributed by atoms with E-state index in [1.807, 2.05) is 12.1 Å². The molecular formula is C11H14BrNOS. The van der Waals surface area contributed by atoms with E-state index in [9.17, 15) is 4.79 Å². The van der Waals surface area contributed by atoms with Crippen LogP contribution in [0.15, 0.2) is 15.9 Å². The Morgan fingerprint density at radius 2 is 2.47 bits per heavy atom. The van der Waals surface area contributed by atoms with Crippen molar-refractivity contribution < 1.29 is 4.79 Å². The summed E-state index contributed by atoms with van der Waals surface area (Å²) >= 11 is 5.06. The Bertz CT molecular complexity index is 368. The summed E-state index contributed by atoms with van der Waals surface area (Å²) in [5, 5.41) is 3.26.